The zero-order valence-electron chi connectivity index (χ0n) is 31.2. The van der Waals surface area contributed by atoms with Crippen LogP contribution < -0.4 is 5.32 Å². The topological polar surface area (TPSA) is 162 Å². The summed E-state index contributed by atoms with van der Waals surface area (Å²) in [4.78, 5) is 26.0. The minimum Gasteiger partial charge on any atom is -0.466 e. The first kappa shape index (κ1) is 41.4. The van der Waals surface area contributed by atoms with Crippen molar-refractivity contribution in [2.24, 2.45) is 5.41 Å². The lowest BCUT2D eigenvalue weighted by Gasteiger charge is -2.51. The van der Waals surface area contributed by atoms with Crippen LogP contribution in [0.2, 0.25) is 0 Å². The maximum Gasteiger partial charge on any atom is 0.330 e. The molecule has 0 amide bonds. The molecule has 0 aromatic rings. The van der Waals surface area contributed by atoms with Gasteiger partial charge in [-0.05, 0) is 69.4 Å². The summed E-state index contributed by atoms with van der Waals surface area (Å²) in [6, 6.07) is -0.555. The molecule has 3 saturated heterocycles. The zero-order valence-corrected chi connectivity index (χ0v) is 31.2. The molecular weight excluding hydrogens is 658 g/mol. The molecule has 4 heterocycles. The van der Waals surface area contributed by atoms with Gasteiger partial charge < -0.3 is 49.1 Å². The lowest BCUT2D eigenvalue weighted by molar-refractivity contribution is -0.326. The highest BCUT2D eigenvalue weighted by atomic mass is 16.7. The Morgan fingerprint density at radius 2 is 1.75 bits per heavy atom. The van der Waals surface area contributed by atoms with E-state index in [-0.39, 0.29) is 50.6 Å². The molecule has 6 bridgehead atoms. The molecule has 0 aromatic carbocycles. The Morgan fingerprint density at radius 1 is 1.02 bits per heavy atom. The van der Waals surface area contributed by atoms with E-state index in [0.717, 1.165) is 44.9 Å². The number of hydrogen-bond acceptors (Lipinski definition) is 12. The molecule has 12 nitrogen and oxygen atoms in total. The van der Waals surface area contributed by atoms with Crippen molar-refractivity contribution < 1.29 is 53.3 Å². The van der Waals surface area contributed by atoms with E-state index in [0.29, 0.717) is 43.6 Å². The van der Waals surface area contributed by atoms with Crippen LogP contribution in [0.5, 0.6) is 0 Å². The highest BCUT2D eigenvalue weighted by Crippen LogP contribution is 2.47. The smallest absolute Gasteiger partial charge is 0.330 e. The van der Waals surface area contributed by atoms with E-state index >= 15 is 0 Å². The molecule has 0 saturated carbocycles. The molecule has 0 radical (unpaired) electrons. The number of carbonyl (C=O) groups is 2. The summed E-state index contributed by atoms with van der Waals surface area (Å²) >= 11 is 0. The summed E-state index contributed by atoms with van der Waals surface area (Å²) in [5.74, 6) is -3.32. The molecule has 0 aliphatic carbocycles. The normalized spacial score (nSPS) is 36.4. The van der Waals surface area contributed by atoms with Gasteiger partial charge in [-0.2, -0.15) is 0 Å². The van der Waals surface area contributed by atoms with Crippen molar-refractivity contribution in [2.45, 2.75) is 172 Å². The van der Waals surface area contributed by atoms with Crippen molar-refractivity contribution in [1.82, 2.24) is 5.32 Å². The number of rotatable bonds is 9. The highest BCUT2D eigenvalue weighted by Gasteiger charge is 2.57. The predicted octanol–water partition coefficient (Wildman–Crippen LogP) is 4.89. The minimum absolute atomic E-state index is 0.00111. The van der Waals surface area contributed by atoms with Crippen molar-refractivity contribution in [1.29, 1.82) is 0 Å². The minimum atomic E-state index is -2.16. The molecule has 4 N–H and O–H groups in total. The van der Waals surface area contributed by atoms with Crippen LogP contribution in [0, 0.1) is 5.41 Å². The first-order valence-electron chi connectivity index (χ1n) is 19.1. The molecule has 4 rings (SSSR count). The SMILES string of the molecule is C=C1C[C@H](O)C[C@@H]2CCC[C@H](C[C@@H]3CCO[C@H](/C=C/C(C)(C)[C@]4(O)OC(C/C(=C\C(=O)OC)[C@@H]4OC(=O)CCCCCCC)CC(CO)N1)O3)O2. The van der Waals surface area contributed by atoms with E-state index in [1.165, 1.54) is 13.2 Å². The quantitative estimate of drug-likeness (QED) is 0.111. The molecule has 9 atom stereocenters. The molecular formula is C39H63NO11. The van der Waals surface area contributed by atoms with Gasteiger partial charge in [0.05, 0.1) is 56.9 Å². The monoisotopic (exact) mass is 721 g/mol. The zero-order chi connectivity index (χ0) is 37.0. The van der Waals surface area contributed by atoms with Crippen LogP contribution in [0.3, 0.4) is 0 Å². The van der Waals surface area contributed by atoms with Crippen LogP contribution in [-0.2, 0) is 38.0 Å². The Balaban J connectivity index is 1.68. The summed E-state index contributed by atoms with van der Waals surface area (Å²) in [7, 11) is 1.26. The second kappa shape index (κ2) is 19.7. The van der Waals surface area contributed by atoms with Crippen LogP contribution >= 0.6 is 0 Å². The van der Waals surface area contributed by atoms with E-state index in [2.05, 4.69) is 18.8 Å². The van der Waals surface area contributed by atoms with E-state index in [1.54, 1.807) is 26.0 Å². The molecule has 12 heteroatoms. The van der Waals surface area contributed by atoms with E-state index in [1.807, 2.05) is 0 Å². The van der Waals surface area contributed by atoms with Crippen LogP contribution in [-0.4, -0.2) is 102 Å². The molecule has 4 aliphatic rings. The third kappa shape index (κ3) is 12.1. The number of aliphatic hydroxyl groups excluding tert-OH is 2. The lowest BCUT2D eigenvalue weighted by atomic mass is 9.74. The number of unbranched alkanes of at least 4 members (excludes halogenated alkanes) is 4. The van der Waals surface area contributed by atoms with Gasteiger partial charge in [0.2, 0.25) is 5.79 Å². The first-order chi connectivity index (χ1) is 24.3. The summed E-state index contributed by atoms with van der Waals surface area (Å²) in [5.41, 5.74) is -0.329. The maximum atomic E-state index is 13.3. The fraction of sp³-hybridized carbons (Fsp3) is 0.795. The molecule has 290 valence electrons. The predicted molar refractivity (Wildman–Crippen MR) is 190 cm³/mol. The Bertz CT molecular complexity index is 1200. The van der Waals surface area contributed by atoms with Gasteiger partial charge in [-0.3, -0.25) is 4.79 Å². The van der Waals surface area contributed by atoms with Gasteiger partial charge in [0.25, 0.3) is 0 Å². The maximum absolute atomic E-state index is 13.3. The number of methoxy groups -OCH3 is 1. The average Bonchev–Trinajstić information content (AvgIpc) is 3.08. The lowest BCUT2D eigenvalue weighted by Crippen LogP contribution is -2.62. The van der Waals surface area contributed by atoms with Crippen molar-refractivity contribution in [3.63, 3.8) is 0 Å². The molecule has 3 fully saturated rings. The van der Waals surface area contributed by atoms with Crippen LogP contribution in [0.1, 0.15) is 117 Å². The summed E-state index contributed by atoms with van der Waals surface area (Å²) in [5, 5.41) is 37.3. The highest BCUT2D eigenvalue weighted by molar-refractivity contribution is 5.83. The number of fused-ring (bicyclic) bond motifs is 6. The Morgan fingerprint density at radius 3 is 2.47 bits per heavy atom. The molecule has 4 aliphatic heterocycles. The van der Waals surface area contributed by atoms with Crippen LogP contribution in [0.25, 0.3) is 0 Å². The van der Waals surface area contributed by atoms with Crippen molar-refractivity contribution in [3.05, 3.63) is 36.1 Å². The first-order valence-corrected chi connectivity index (χ1v) is 19.1. The number of nitrogens with one attached hydrogen (secondary N) is 1. The number of hydrogen-bond donors (Lipinski definition) is 4. The molecule has 2 unspecified atom stereocenters. The van der Waals surface area contributed by atoms with E-state index < -0.39 is 53.8 Å². The average molecular weight is 722 g/mol. The van der Waals surface area contributed by atoms with E-state index in [4.69, 9.17) is 28.4 Å². The second-order valence-electron chi connectivity index (χ2n) is 15.3. The van der Waals surface area contributed by atoms with Gasteiger partial charge >= 0.3 is 11.9 Å². The molecule has 0 aromatic heterocycles. The van der Waals surface area contributed by atoms with Gasteiger partial charge in [-0.25, -0.2) is 4.79 Å². The summed E-state index contributed by atoms with van der Waals surface area (Å²) in [6.45, 7) is 9.97. The van der Waals surface area contributed by atoms with Crippen molar-refractivity contribution >= 4 is 11.9 Å². The number of aliphatic hydroxyl groups is 3. The van der Waals surface area contributed by atoms with Crippen LogP contribution in [0.4, 0.5) is 0 Å². The fourth-order valence-corrected chi connectivity index (χ4v) is 7.63. The second-order valence-corrected chi connectivity index (χ2v) is 15.3. The van der Waals surface area contributed by atoms with E-state index in [9.17, 15) is 24.9 Å². The molecule has 51 heavy (non-hydrogen) atoms. The standard InChI is InChI=1S/C39H63NO11/c1-6-7-8-9-10-14-34(43)50-37-27(21-35(44)46-5)20-33-22-28(25-41)40-26(2)19-29(42)23-30-12-11-13-31(48-30)24-32-16-18-47-36(49-32)15-17-38(3,4)39(37,45)51-33/h15,17,21,28-33,36-37,40-42,45H,2,6-14,16,18-20,22-25H2,1,3-5H3/b17-15+,27-21+/t28?,29-,30-,31+,32-,33?,36-,37-,39+/m0/s1. The van der Waals surface area contributed by atoms with Gasteiger partial charge in [-0.15, -0.1) is 0 Å². The van der Waals surface area contributed by atoms with Gasteiger partial charge in [0, 0.05) is 30.0 Å². The summed E-state index contributed by atoms with van der Waals surface area (Å²) < 4.78 is 36.2. The third-order valence-corrected chi connectivity index (χ3v) is 10.5. The van der Waals surface area contributed by atoms with Gasteiger partial charge in [0.1, 0.15) is 0 Å². The van der Waals surface area contributed by atoms with Gasteiger partial charge in [0.15, 0.2) is 12.4 Å². The molecule has 0 spiro atoms. The Kier molecular flexibility index (Phi) is 16.0. The van der Waals surface area contributed by atoms with Gasteiger partial charge in [-0.1, -0.05) is 59.1 Å². The number of carbonyl (C=O) groups excluding carboxylic acids is 2. The Hall–Kier alpha value is -2.32. The number of ether oxygens (including phenoxy) is 6. The largest absolute Gasteiger partial charge is 0.466 e. The van der Waals surface area contributed by atoms with Crippen LogP contribution in [0.15, 0.2) is 36.1 Å². The third-order valence-electron chi connectivity index (χ3n) is 10.5. The fourth-order valence-electron chi connectivity index (χ4n) is 7.63. The summed E-state index contributed by atoms with van der Waals surface area (Å²) in [6.07, 6.45) is 11.2. The van der Waals surface area contributed by atoms with Crippen molar-refractivity contribution in [2.75, 3.05) is 20.3 Å². The number of esters is 2. The van der Waals surface area contributed by atoms with Crippen molar-refractivity contribution in [3.8, 4) is 0 Å². The Labute approximate surface area is 303 Å².